The number of halogens is 1. The van der Waals surface area contributed by atoms with Gasteiger partial charge in [0.2, 0.25) is 5.91 Å². The van der Waals surface area contributed by atoms with E-state index in [0.29, 0.717) is 17.4 Å². The third kappa shape index (κ3) is 3.46. The molecule has 0 unspecified atom stereocenters. The highest BCUT2D eigenvalue weighted by molar-refractivity contribution is 9.10. The maximum Gasteiger partial charge on any atom is 0.329 e. The van der Waals surface area contributed by atoms with Crippen LogP contribution in [0.3, 0.4) is 0 Å². The number of hydrogen-bond acceptors (Lipinski definition) is 3. The molecule has 0 bridgehead atoms. The van der Waals surface area contributed by atoms with Crippen LogP contribution in [0.5, 0.6) is 0 Å². The third-order valence-electron chi connectivity index (χ3n) is 3.59. The number of nitrogens with one attached hydrogen (secondary N) is 2. The van der Waals surface area contributed by atoms with Gasteiger partial charge in [-0.1, -0.05) is 40.2 Å². The number of hydrogen-bond donors (Lipinski definition) is 2. The minimum atomic E-state index is -0.600. The number of rotatable bonds is 4. The number of carbonyl (C=O) groups excluding carboxylic acids is 1. The molecule has 0 fully saturated rings. The minimum absolute atomic E-state index is 0.324. The van der Waals surface area contributed by atoms with E-state index in [0.717, 1.165) is 14.6 Å². The van der Waals surface area contributed by atoms with Crippen molar-refractivity contribution in [2.75, 3.05) is 0 Å². The zero-order valence-corrected chi connectivity index (χ0v) is 14.2. The van der Waals surface area contributed by atoms with Gasteiger partial charge in [-0.25, -0.2) is 4.79 Å². The van der Waals surface area contributed by atoms with Crippen molar-refractivity contribution in [1.82, 2.24) is 14.9 Å². The highest BCUT2D eigenvalue weighted by atomic mass is 79.9. The predicted molar refractivity (Wildman–Crippen MR) is 94.8 cm³/mol. The lowest BCUT2D eigenvalue weighted by Gasteiger charge is -2.08. The average Bonchev–Trinajstić information content (AvgIpc) is 2.58. The summed E-state index contributed by atoms with van der Waals surface area (Å²) in [6.45, 7) is 0.00186. The van der Waals surface area contributed by atoms with Gasteiger partial charge in [-0.3, -0.25) is 14.2 Å². The Morgan fingerprint density at radius 1 is 1.08 bits per heavy atom. The molecule has 6 nitrogen and oxygen atoms in total. The number of para-hydroxylation sites is 1. The van der Waals surface area contributed by atoms with Gasteiger partial charge in [-0.15, -0.1) is 0 Å². The number of nitrogens with zero attached hydrogens (tertiary/aromatic N) is 1. The van der Waals surface area contributed by atoms with E-state index in [2.05, 4.69) is 26.2 Å². The maximum absolute atomic E-state index is 12.4. The van der Waals surface area contributed by atoms with Crippen LogP contribution in [0, 0.1) is 0 Å². The molecule has 0 atom stereocenters. The molecule has 7 heteroatoms. The van der Waals surface area contributed by atoms with E-state index >= 15 is 0 Å². The second kappa shape index (κ2) is 6.84. The highest BCUT2D eigenvalue weighted by Gasteiger charge is 2.10. The first-order chi connectivity index (χ1) is 11.5. The summed E-state index contributed by atoms with van der Waals surface area (Å²) in [6, 6.07) is 14.2. The molecule has 1 aromatic heterocycles. The van der Waals surface area contributed by atoms with E-state index in [4.69, 9.17) is 0 Å². The molecule has 2 N–H and O–H groups in total. The summed E-state index contributed by atoms with van der Waals surface area (Å²) < 4.78 is 1.85. The molecular formula is C17H14BrN3O3. The van der Waals surface area contributed by atoms with Crippen LogP contribution in [0.2, 0.25) is 0 Å². The van der Waals surface area contributed by atoms with Crippen molar-refractivity contribution < 1.29 is 4.79 Å². The molecule has 0 saturated heterocycles. The molecule has 0 aliphatic carbocycles. The Labute approximate surface area is 145 Å². The van der Waals surface area contributed by atoms with Crippen LogP contribution < -0.4 is 16.6 Å². The van der Waals surface area contributed by atoms with Crippen LogP contribution in [0.4, 0.5) is 0 Å². The second-order valence-electron chi connectivity index (χ2n) is 5.27. The van der Waals surface area contributed by atoms with Crippen LogP contribution in [-0.4, -0.2) is 15.5 Å². The normalized spacial score (nSPS) is 10.7. The molecular weight excluding hydrogens is 374 g/mol. The van der Waals surface area contributed by atoms with Gasteiger partial charge in [0.05, 0.1) is 10.9 Å². The van der Waals surface area contributed by atoms with Crippen LogP contribution >= 0.6 is 15.9 Å². The number of H-pyrrole nitrogens is 1. The Kier molecular flexibility index (Phi) is 4.61. The van der Waals surface area contributed by atoms with E-state index in [-0.39, 0.29) is 6.54 Å². The summed E-state index contributed by atoms with van der Waals surface area (Å²) in [5.41, 5.74) is 0.302. The topological polar surface area (TPSA) is 84.0 Å². The van der Waals surface area contributed by atoms with E-state index in [1.165, 1.54) is 0 Å². The molecule has 3 rings (SSSR count). The van der Waals surface area contributed by atoms with Crippen molar-refractivity contribution in [2.45, 2.75) is 13.1 Å². The van der Waals surface area contributed by atoms with Crippen LogP contribution in [0.25, 0.3) is 10.9 Å². The highest BCUT2D eigenvalue weighted by Crippen LogP contribution is 2.10. The fourth-order valence-electron chi connectivity index (χ4n) is 2.34. The van der Waals surface area contributed by atoms with Crippen LogP contribution in [-0.2, 0) is 17.9 Å². The lowest BCUT2D eigenvalue weighted by Crippen LogP contribution is -2.40. The summed E-state index contributed by atoms with van der Waals surface area (Å²) in [4.78, 5) is 39.0. The Morgan fingerprint density at radius 2 is 1.79 bits per heavy atom. The number of carbonyl (C=O) groups is 1. The molecule has 122 valence electrons. The SMILES string of the molecule is O=C(Cn1c(=O)[nH]c2ccccc2c1=O)NCc1ccc(Br)cc1. The number of fused-ring (bicyclic) bond motifs is 1. The molecule has 1 amide bonds. The number of aromatic nitrogens is 2. The van der Waals surface area contributed by atoms with Gasteiger partial charge in [-0.2, -0.15) is 0 Å². The first-order valence-electron chi connectivity index (χ1n) is 7.27. The lowest BCUT2D eigenvalue weighted by atomic mass is 10.2. The van der Waals surface area contributed by atoms with Crippen molar-refractivity contribution in [1.29, 1.82) is 0 Å². The van der Waals surface area contributed by atoms with Crippen molar-refractivity contribution in [2.24, 2.45) is 0 Å². The Balaban J connectivity index is 1.77. The quantitative estimate of drug-likeness (QED) is 0.715. The van der Waals surface area contributed by atoms with Gasteiger partial charge in [0.15, 0.2) is 0 Å². The number of aromatic amines is 1. The monoisotopic (exact) mass is 387 g/mol. The number of benzene rings is 2. The lowest BCUT2D eigenvalue weighted by molar-refractivity contribution is -0.121. The summed E-state index contributed by atoms with van der Waals surface area (Å²) >= 11 is 3.34. The molecule has 3 aromatic rings. The molecule has 2 aromatic carbocycles. The summed E-state index contributed by atoms with van der Waals surface area (Å²) in [5.74, 6) is -0.402. The zero-order chi connectivity index (χ0) is 17.1. The largest absolute Gasteiger partial charge is 0.350 e. The van der Waals surface area contributed by atoms with Gasteiger partial charge in [0, 0.05) is 11.0 Å². The first kappa shape index (κ1) is 16.2. The van der Waals surface area contributed by atoms with E-state index < -0.39 is 17.2 Å². The molecule has 0 aliphatic heterocycles. The fourth-order valence-corrected chi connectivity index (χ4v) is 2.61. The van der Waals surface area contributed by atoms with Crippen molar-refractivity contribution >= 4 is 32.7 Å². The van der Waals surface area contributed by atoms with Crippen molar-refractivity contribution in [3.63, 3.8) is 0 Å². The average molecular weight is 388 g/mol. The number of amides is 1. The van der Waals surface area contributed by atoms with Crippen LogP contribution in [0.15, 0.2) is 62.6 Å². The Hall–Kier alpha value is -2.67. The molecule has 1 heterocycles. The summed E-state index contributed by atoms with van der Waals surface area (Å²) in [5, 5.41) is 3.08. The summed E-state index contributed by atoms with van der Waals surface area (Å²) in [6.07, 6.45) is 0. The predicted octanol–water partition coefficient (Wildman–Crippen LogP) is 1.77. The first-order valence-corrected chi connectivity index (χ1v) is 8.07. The van der Waals surface area contributed by atoms with Gasteiger partial charge >= 0.3 is 5.69 Å². The van der Waals surface area contributed by atoms with E-state index in [1.54, 1.807) is 24.3 Å². The molecule has 0 saturated carbocycles. The molecule has 0 aliphatic rings. The van der Waals surface area contributed by atoms with Gasteiger partial charge < -0.3 is 10.3 Å². The van der Waals surface area contributed by atoms with Crippen LogP contribution in [0.1, 0.15) is 5.56 Å². The smallest absolute Gasteiger partial charge is 0.329 e. The summed E-state index contributed by atoms with van der Waals surface area (Å²) in [7, 11) is 0. The minimum Gasteiger partial charge on any atom is -0.350 e. The molecule has 0 spiro atoms. The fraction of sp³-hybridized carbons (Fsp3) is 0.118. The van der Waals surface area contributed by atoms with Gasteiger partial charge in [-0.05, 0) is 29.8 Å². The Bertz CT molecular complexity index is 1010. The van der Waals surface area contributed by atoms with E-state index in [1.807, 2.05) is 24.3 Å². The zero-order valence-electron chi connectivity index (χ0n) is 12.6. The maximum atomic E-state index is 12.4. The van der Waals surface area contributed by atoms with E-state index in [9.17, 15) is 14.4 Å². The molecule has 24 heavy (non-hydrogen) atoms. The molecule has 0 radical (unpaired) electrons. The third-order valence-corrected chi connectivity index (χ3v) is 4.12. The van der Waals surface area contributed by atoms with Crippen molar-refractivity contribution in [3.05, 3.63) is 79.4 Å². The van der Waals surface area contributed by atoms with Crippen molar-refractivity contribution in [3.8, 4) is 0 Å². The van der Waals surface area contributed by atoms with Gasteiger partial charge in [0.1, 0.15) is 6.54 Å². The Morgan fingerprint density at radius 3 is 2.54 bits per heavy atom. The second-order valence-corrected chi connectivity index (χ2v) is 6.19. The standard InChI is InChI=1S/C17H14BrN3O3/c18-12-7-5-11(6-8-12)9-19-15(22)10-21-16(23)13-3-1-2-4-14(13)20-17(21)24/h1-8H,9-10H2,(H,19,22)(H,20,24). The van der Waals surface area contributed by atoms with Gasteiger partial charge in [0.25, 0.3) is 5.56 Å².